The molecule has 1 aromatic carbocycles. The number of para-hydroxylation sites is 1. The van der Waals surface area contributed by atoms with E-state index in [9.17, 15) is 24.3 Å². The number of amides is 4. The summed E-state index contributed by atoms with van der Waals surface area (Å²) in [5.74, 6) is -1.90. The molecule has 0 radical (unpaired) electrons. The number of urea groups is 1. The zero-order chi connectivity index (χ0) is 25.2. The molecule has 0 spiro atoms. The van der Waals surface area contributed by atoms with Crippen LogP contribution in [-0.4, -0.2) is 75.4 Å². The predicted octanol–water partition coefficient (Wildman–Crippen LogP) is 0.886. The molecule has 0 unspecified atom stereocenters. The molecule has 12 nitrogen and oxygen atoms in total. The number of primary amides is 1. The molecule has 0 saturated carbocycles. The average Bonchev–Trinajstić information content (AvgIpc) is 3.31. The SMILES string of the molecule is CC(C)(C)OC[C@H](NC(=O)[C@@H]1C[C@H](N)CN1C(=O)Nc1cn(C(N)=O)c2ccccc12)C(=O)O. The van der Waals surface area contributed by atoms with E-state index in [-0.39, 0.29) is 19.6 Å². The highest BCUT2D eigenvalue weighted by Gasteiger charge is 2.40. The van der Waals surface area contributed by atoms with E-state index in [0.29, 0.717) is 16.6 Å². The van der Waals surface area contributed by atoms with E-state index >= 15 is 0 Å². The number of anilines is 1. The maximum atomic E-state index is 13.1. The van der Waals surface area contributed by atoms with Crippen LogP contribution in [0.25, 0.3) is 10.9 Å². The van der Waals surface area contributed by atoms with Gasteiger partial charge in [-0.15, -0.1) is 0 Å². The Hall–Kier alpha value is -3.64. The predicted molar refractivity (Wildman–Crippen MR) is 124 cm³/mol. The molecule has 2 heterocycles. The number of hydrogen-bond acceptors (Lipinski definition) is 6. The number of hydrogen-bond donors (Lipinski definition) is 5. The lowest BCUT2D eigenvalue weighted by Gasteiger charge is -2.27. The summed E-state index contributed by atoms with van der Waals surface area (Å²) in [5.41, 5.74) is 11.7. The molecule has 0 aliphatic carbocycles. The maximum Gasteiger partial charge on any atom is 0.328 e. The third-order valence-electron chi connectivity index (χ3n) is 5.39. The van der Waals surface area contributed by atoms with E-state index in [1.807, 2.05) is 0 Å². The van der Waals surface area contributed by atoms with Crippen molar-refractivity contribution < 1.29 is 29.0 Å². The highest BCUT2D eigenvalue weighted by atomic mass is 16.5. The Morgan fingerprint density at radius 2 is 1.91 bits per heavy atom. The van der Waals surface area contributed by atoms with E-state index in [1.165, 1.54) is 15.7 Å². The summed E-state index contributed by atoms with van der Waals surface area (Å²) >= 11 is 0. The van der Waals surface area contributed by atoms with E-state index in [4.69, 9.17) is 16.2 Å². The van der Waals surface area contributed by atoms with Crippen LogP contribution in [0.4, 0.5) is 15.3 Å². The number of nitrogens with zero attached hydrogens (tertiary/aromatic N) is 2. The van der Waals surface area contributed by atoms with Gasteiger partial charge >= 0.3 is 18.0 Å². The second kappa shape index (κ2) is 9.69. The van der Waals surface area contributed by atoms with Crippen LogP contribution in [0.15, 0.2) is 30.5 Å². The quantitative estimate of drug-likeness (QED) is 0.412. The van der Waals surface area contributed by atoms with E-state index in [1.54, 1.807) is 45.0 Å². The van der Waals surface area contributed by atoms with Crippen LogP contribution in [0.2, 0.25) is 0 Å². The first-order valence-corrected chi connectivity index (χ1v) is 10.8. The average molecular weight is 475 g/mol. The van der Waals surface area contributed by atoms with Gasteiger partial charge in [0.1, 0.15) is 6.04 Å². The zero-order valence-electron chi connectivity index (χ0n) is 19.3. The summed E-state index contributed by atoms with van der Waals surface area (Å²) in [4.78, 5) is 50.6. The third-order valence-corrected chi connectivity index (χ3v) is 5.39. The lowest BCUT2D eigenvalue weighted by Crippen LogP contribution is -2.53. The van der Waals surface area contributed by atoms with Crippen LogP contribution in [0, 0.1) is 0 Å². The minimum Gasteiger partial charge on any atom is -0.480 e. The summed E-state index contributed by atoms with van der Waals surface area (Å²) in [6.07, 6.45) is 1.56. The Morgan fingerprint density at radius 3 is 2.53 bits per heavy atom. The molecule has 1 aromatic heterocycles. The Kier molecular flexibility index (Phi) is 7.12. The number of likely N-dealkylation sites (tertiary alicyclic amines) is 1. The van der Waals surface area contributed by atoms with Crippen LogP contribution < -0.4 is 22.1 Å². The molecule has 3 rings (SSSR count). The number of nitrogens with one attached hydrogen (secondary N) is 2. The molecular weight excluding hydrogens is 444 g/mol. The van der Waals surface area contributed by atoms with Crippen molar-refractivity contribution in [1.82, 2.24) is 14.8 Å². The molecule has 0 bridgehead atoms. The first-order chi connectivity index (χ1) is 15.9. The van der Waals surface area contributed by atoms with Crippen LogP contribution in [0.5, 0.6) is 0 Å². The van der Waals surface area contributed by atoms with Crippen molar-refractivity contribution in [3.05, 3.63) is 30.5 Å². The van der Waals surface area contributed by atoms with Gasteiger partial charge in [0.15, 0.2) is 6.04 Å². The van der Waals surface area contributed by atoms with Gasteiger partial charge in [-0.05, 0) is 33.3 Å². The maximum absolute atomic E-state index is 13.1. The van der Waals surface area contributed by atoms with Crippen molar-refractivity contribution in [3.63, 3.8) is 0 Å². The van der Waals surface area contributed by atoms with Crippen LogP contribution >= 0.6 is 0 Å². The molecule has 1 aliphatic rings. The summed E-state index contributed by atoms with van der Waals surface area (Å²) in [7, 11) is 0. The number of rotatable bonds is 6. The Balaban J connectivity index is 1.77. The van der Waals surface area contributed by atoms with Crippen molar-refractivity contribution in [3.8, 4) is 0 Å². The minimum atomic E-state index is -1.29. The second-order valence-corrected chi connectivity index (χ2v) is 9.19. The molecule has 3 atom stereocenters. The minimum absolute atomic E-state index is 0.0919. The molecule has 4 amide bonds. The van der Waals surface area contributed by atoms with Crippen molar-refractivity contribution in [1.29, 1.82) is 0 Å². The molecule has 184 valence electrons. The first kappa shape index (κ1) is 25.0. The van der Waals surface area contributed by atoms with Gasteiger partial charge in [0.25, 0.3) is 0 Å². The highest BCUT2D eigenvalue weighted by molar-refractivity contribution is 6.05. The molecule has 34 heavy (non-hydrogen) atoms. The molecule has 12 heteroatoms. The number of nitrogens with two attached hydrogens (primary N) is 2. The van der Waals surface area contributed by atoms with Gasteiger partial charge < -0.3 is 36.8 Å². The van der Waals surface area contributed by atoms with Gasteiger partial charge in [-0.2, -0.15) is 0 Å². The fourth-order valence-corrected chi connectivity index (χ4v) is 3.77. The topological polar surface area (TPSA) is 182 Å². The van der Waals surface area contributed by atoms with E-state index in [0.717, 1.165) is 0 Å². The van der Waals surface area contributed by atoms with Crippen molar-refractivity contribution in [2.24, 2.45) is 11.5 Å². The van der Waals surface area contributed by atoms with Crippen LogP contribution in [-0.2, 0) is 14.3 Å². The molecule has 1 fully saturated rings. The lowest BCUT2D eigenvalue weighted by molar-refractivity contribution is -0.146. The second-order valence-electron chi connectivity index (χ2n) is 9.19. The van der Waals surface area contributed by atoms with Crippen LogP contribution in [0.1, 0.15) is 27.2 Å². The fourth-order valence-electron chi connectivity index (χ4n) is 3.77. The fraction of sp³-hybridized carbons (Fsp3) is 0.455. The number of carboxylic acid groups (broad SMARTS) is 1. The number of aliphatic carboxylic acids is 1. The normalized spacial score (nSPS) is 19.1. The lowest BCUT2D eigenvalue weighted by atomic mass is 10.1. The standard InChI is InChI=1S/C22H30N6O6/c1-22(2,3)34-11-15(19(30)31)25-18(29)17-8-12(23)9-28(17)21(33)26-14-10-27(20(24)32)16-7-5-4-6-13(14)16/h4-7,10,12,15,17H,8-9,11,23H2,1-3H3,(H2,24,32)(H,25,29)(H,26,33)(H,30,31)/t12-,15-,17-/m0/s1. The highest BCUT2D eigenvalue weighted by Crippen LogP contribution is 2.27. The monoisotopic (exact) mass is 474 g/mol. The molecular formula is C22H30N6O6. The van der Waals surface area contributed by atoms with Crippen molar-refractivity contribution >= 4 is 40.5 Å². The van der Waals surface area contributed by atoms with Gasteiger partial charge in [0.05, 0.1) is 23.4 Å². The number of carboxylic acids is 1. The summed E-state index contributed by atoms with van der Waals surface area (Å²) in [6, 6.07) is 2.82. The molecule has 7 N–H and O–H groups in total. The van der Waals surface area contributed by atoms with Crippen LogP contribution in [0.3, 0.4) is 0 Å². The van der Waals surface area contributed by atoms with E-state index < -0.39 is 47.7 Å². The Morgan fingerprint density at radius 1 is 1.24 bits per heavy atom. The number of ether oxygens (including phenoxy) is 1. The number of fused-ring (bicyclic) bond motifs is 1. The summed E-state index contributed by atoms with van der Waals surface area (Å²) in [6.45, 7) is 5.16. The molecule has 1 aliphatic heterocycles. The van der Waals surface area contributed by atoms with Crippen molar-refractivity contribution in [2.45, 2.75) is 50.9 Å². The summed E-state index contributed by atoms with van der Waals surface area (Å²) < 4.78 is 6.71. The number of carbonyl (C=O) groups is 4. The van der Waals surface area contributed by atoms with Gasteiger partial charge in [-0.1, -0.05) is 18.2 Å². The number of aromatic nitrogens is 1. The van der Waals surface area contributed by atoms with E-state index in [2.05, 4.69) is 10.6 Å². The van der Waals surface area contributed by atoms with Gasteiger partial charge in [-0.25, -0.2) is 14.4 Å². The largest absolute Gasteiger partial charge is 0.480 e. The van der Waals surface area contributed by atoms with Crippen molar-refractivity contribution in [2.75, 3.05) is 18.5 Å². The first-order valence-electron chi connectivity index (χ1n) is 10.8. The summed E-state index contributed by atoms with van der Waals surface area (Å²) in [5, 5.41) is 15.2. The smallest absolute Gasteiger partial charge is 0.328 e. The number of carbonyl (C=O) groups excluding carboxylic acids is 3. The Bertz CT molecular complexity index is 1110. The number of benzene rings is 1. The molecule has 2 aromatic rings. The Labute approximate surface area is 196 Å². The van der Waals surface area contributed by atoms with Gasteiger partial charge in [0.2, 0.25) is 5.91 Å². The third kappa shape index (κ3) is 5.64. The van der Waals surface area contributed by atoms with Gasteiger partial charge in [-0.3, -0.25) is 9.36 Å². The van der Waals surface area contributed by atoms with Gasteiger partial charge in [0, 0.05) is 24.2 Å². The molecule has 1 saturated heterocycles. The zero-order valence-corrected chi connectivity index (χ0v) is 19.3.